The predicted octanol–water partition coefficient (Wildman–Crippen LogP) is 0.650. The number of rotatable bonds is 4. The van der Waals surface area contributed by atoms with Gasteiger partial charge in [-0.1, -0.05) is 0 Å². The van der Waals surface area contributed by atoms with E-state index in [1.807, 2.05) is 14.0 Å². The van der Waals surface area contributed by atoms with E-state index in [1.54, 1.807) is 10.9 Å². The van der Waals surface area contributed by atoms with E-state index in [1.165, 1.54) is 0 Å². The monoisotopic (exact) mass is 181 g/mol. The molecule has 0 amide bonds. The largest absolute Gasteiger partial charge is 0.330 e. The Morgan fingerprint density at radius 1 is 1.69 bits per heavy atom. The van der Waals surface area contributed by atoms with Crippen molar-refractivity contribution < 1.29 is 4.79 Å². The van der Waals surface area contributed by atoms with Gasteiger partial charge in [0.05, 0.1) is 11.8 Å². The molecule has 1 rings (SSSR count). The van der Waals surface area contributed by atoms with E-state index in [-0.39, 0.29) is 5.78 Å². The molecular weight excluding hydrogens is 166 g/mol. The highest BCUT2D eigenvalue weighted by Crippen LogP contribution is 2.09. The zero-order valence-electron chi connectivity index (χ0n) is 8.08. The van der Waals surface area contributed by atoms with Crippen molar-refractivity contribution in [2.45, 2.75) is 19.8 Å². The molecule has 0 radical (unpaired) electrons. The van der Waals surface area contributed by atoms with Crippen LogP contribution < -0.4 is 5.73 Å². The highest BCUT2D eigenvalue weighted by molar-refractivity contribution is 5.96. The summed E-state index contributed by atoms with van der Waals surface area (Å²) in [6.45, 7) is 2.45. The van der Waals surface area contributed by atoms with Crippen molar-refractivity contribution in [1.82, 2.24) is 9.78 Å². The van der Waals surface area contributed by atoms with Gasteiger partial charge in [0, 0.05) is 19.2 Å². The molecule has 0 spiro atoms. The van der Waals surface area contributed by atoms with Gasteiger partial charge in [0.15, 0.2) is 5.78 Å². The summed E-state index contributed by atoms with van der Waals surface area (Å²) in [6, 6.07) is 0. The van der Waals surface area contributed by atoms with Crippen LogP contribution in [0.1, 0.15) is 28.9 Å². The Labute approximate surface area is 77.7 Å². The lowest BCUT2D eigenvalue weighted by Gasteiger charge is -1.98. The molecule has 0 atom stereocenters. The average Bonchev–Trinajstić information content (AvgIpc) is 2.44. The number of nitrogens with two attached hydrogens (primary N) is 1. The number of hydrogen-bond donors (Lipinski definition) is 1. The summed E-state index contributed by atoms with van der Waals surface area (Å²) in [6.07, 6.45) is 2.88. The molecule has 0 fully saturated rings. The summed E-state index contributed by atoms with van der Waals surface area (Å²) in [5.74, 6) is 0.135. The Kier molecular flexibility index (Phi) is 3.19. The third kappa shape index (κ3) is 2.15. The van der Waals surface area contributed by atoms with Crippen molar-refractivity contribution >= 4 is 5.78 Å². The fraction of sp³-hybridized carbons (Fsp3) is 0.556. The van der Waals surface area contributed by atoms with E-state index in [4.69, 9.17) is 5.73 Å². The van der Waals surface area contributed by atoms with Gasteiger partial charge in [0.1, 0.15) is 0 Å². The summed E-state index contributed by atoms with van der Waals surface area (Å²) in [4.78, 5) is 11.5. The van der Waals surface area contributed by atoms with Crippen LogP contribution >= 0.6 is 0 Å². The lowest BCUT2D eigenvalue weighted by atomic mass is 10.1. The zero-order chi connectivity index (χ0) is 9.84. The standard InChI is InChI=1S/C9H15N3O/c1-7-8(6-11-12(7)2)9(13)4-3-5-10/h6H,3-5,10H2,1-2H3. The first-order valence-corrected chi connectivity index (χ1v) is 4.38. The Balaban J connectivity index is 2.71. The normalized spacial score (nSPS) is 10.4. The first kappa shape index (κ1) is 9.92. The van der Waals surface area contributed by atoms with Gasteiger partial charge in [-0.25, -0.2) is 0 Å². The van der Waals surface area contributed by atoms with Gasteiger partial charge in [0.2, 0.25) is 0 Å². The highest BCUT2D eigenvalue weighted by atomic mass is 16.1. The van der Waals surface area contributed by atoms with Crippen LogP contribution in [0.25, 0.3) is 0 Å². The molecule has 1 aromatic heterocycles. The molecule has 0 saturated carbocycles. The number of hydrogen-bond acceptors (Lipinski definition) is 3. The van der Waals surface area contributed by atoms with Crippen LogP contribution in [0.2, 0.25) is 0 Å². The second-order valence-corrected chi connectivity index (χ2v) is 3.08. The van der Waals surface area contributed by atoms with Crippen molar-refractivity contribution in [1.29, 1.82) is 0 Å². The topological polar surface area (TPSA) is 60.9 Å². The minimum absolute atomic E-state index is 0.135. The summed E-state index contributed by atoms with van der Waals surface area (Å²) in [7, 11) is 1.83. The third-order valence-corrected chi connectivity index (χ3v) is 2.14. The second-order valence-electron chi connectivity index (χ2n) is 3.08. The van der Waals surface area contributed by atoms with Crippen molar-refractivity contribution in [3.8, 4) is 0 Å². The van der Waals surface area contributed by atoms with Gasteiger partial charge in [-0.15, -0.1) is 0 Å². The van der Waals surface area contributed by atoms with E-state index in [2.05, 4.69) is 5.10 Å². The maximum atomic E-state index is 11.5. The summed E-state index contributed by atoms with van der Waals surface area (Å²) in [5, 5.41) is 4.01. The molecule has 0 bridgehead atoms. The first-order valence-electron chi connectivity index (χ1n) is 4.38. The molecule has 0 aliphatic heterocycles. The Morgan fingerprint density at radius 3 is 2.85 bits per heavy atom. The number of carbonyl (C=O) groups is 1. The highest BCUT2D eigenvalue weighted by Gasteiger charge is 2.11. The van der Waals surface area contributed by atoms with Crippen LogP contribution in [0.5, 0.6) is 0 Å². The molecule has 0 aliphatic rings. The smallest absolute Gasteiger partial charge is 0.166 e. The number of aromatic nitrogens is 2. The Bertz CT molecular complexity index is 304. The summed E-state index contributed by atoms with van der Waals surface area (Å²) >= 11 is 0. The molecule has 4 nitrogen and oxygen atoms in total. The van der Waals surface area contributed by atoms with Gasteiger partial charge in [-0.3, -0.25) is 9.48 Å². The van der Waals surface area contributed by atoms with E-state index in [0.717, 1.165) is 17.7 Å². The number of aryl methyl sites for hydroxylation is 1. The van der Waals surface area contributed by atoms with Crippen LogP contribution in [0.15, 0.2) is 6.20 Å². The SMILES string of the molecule is Cc1c(C(=O)CCCN)cnn1C. The maximum Gasteiger partial charge on any atom is 0.166 e. The van der Waals surface area contributed by atoms with Crippen molar-refractivity contribution in [2.24, 2.45) is 12.8 Å². The minimum atomic E-state index is 0.135. The van der Waals surface area contributed by atoms with E-state index < -0.39 is 0 Å². The Hall–Kier alpha value is -1.16. The molecule has 1 aromatic rings. The number of carbonyl (C=O) groups excluding carboxylic acids is 1. The molecule has 0 aliphatic carbocycles. The van der Waals surface area contributed by atoms with E-state index >= 15 is 0 Å². The summed E-state index contributed by atoms with van der Waals surface area (Å²) in [5.41, 5.74) is 6.96. The molecule has 0 saturated heterocycles. The van der Waals surface area contributed by atoms with Crippen LogP contribution in [0, 0.1) is 6.92 Å². The van der Waals surface area contributed by atoms with Crippen LogP contribution in [-0.4, -0.2) is 22.1 Å². The maximum absolute atomic E-state index is 11.5. The lowest BCUT2D eigenvalue weighted by molar-refractivity contribution is 0.0980. The molecule has 4 heteroatoms. The molecular formula is C9H15N3O. The molecule has 1 heterocycles. The van der Waals surface area contributed by atoms with E-state index in [0.29, 0.717) is 13.0 Å². The molecule has 2 N–H and O–H groups in total. The minimum Gasteiger partial charge on any atom is -0.330 e. The lowest BCUT2D eigenvalue weighted by Crippen LogP contribution is -2.06. The average molecular weight is 181 g/mol. The first-order chi connectivity index (χ1) is 6.16. The fourth-order valence-corrected chi connectivity index (χ4v) is 1.17. The van der Waals surface area contributed by atoms with Gasteiger partial charge >= 0.3 is 0 Å². The van der Waals surface area contributed by atoms with Crippen molar-refractivity contribution in [3.63, 3.8) is 0 Å². The van der Waals surface area contributed by atoms with Gasteiger partial charge in [-0.05, 0) is 19.9 Å². The molecule has 0 unspecified atom stereocenters. The quantitative estimate of drug-likeness (QED) is 0.694. The molecule has 0 aromatic carbocycles. The third-order valence-electron chi connectivity index (χ3n) is 2.14. The van der Waals surface area contributed by atoms with Crippen LogP contribution in [0.3, 0.4) is 0 Å². The molecule has 72 valence electrons. The van der Waals surface area contributed by atoms with Crippen LogP contribution in [-0.2, 0) is 7.05 Å². The van der Waals surface area contributed by atoms with Gasteiger partial charge in [-0.2, -0.15) is 5.10 Å². The van der Waals surface area contributed by atoms with Crippen molar-refractivity contribution in [3.05, 3.63) is 17.5 Å². The van der Waals surface area contributed by atoms with Crippen molar-refractivity contribution in [2.75, 3.05) is 6.54 Å². The number of Topliss-reactive ketones (excluding diaryl/α,β-unsaturated/α-hetero) is 1. The predicted molar refractivity (Wildman–Crippen MR) is 50.6 cm³/mol. The summed E-state index contributed by atoms with van der Waals surface area (Å²) < 4.78 is 1.70. The fourth-order valence-electron chi connectivity index (χ4n) is 1.17. The van der Waals surface area contributed by atoms with Gasteiger partial charge in [0.25, 0.3) is 0 Å². The second kappa shape index (κ2) is 4.18. The zero-order valence-corrected chi connectivity index (χ0v) is 8.08. The van der Waals surface area contributed by atoms with E-state index in [9.17, 15) is 4.79 Å². The molecule has 13 heavy (non-hydrogen) atoms. The Morgan fingerprint density at radius 2 is 2.38 bits per heavy atom. The number of nitrogens with zero attached hydrogens (tertiary/aromatic N) is 2. The van der Waals surface area contributed by atoms with Gasteiger partial charge < -0.3 is 5.73 Å². The number of ketones is 1. The van der Waals surface area contributed by atoms with Crippen LogP contribution in [0.4, 0.5) is 0 Å².